The molecule has 0 unspecified atom stereocenters. The second kappa shape index (κ2) is 12.9. The number of aromatic nitrogens is 1. The molecule has 0 N–H and O–H groups in total. The molecule has 2 aromatic carbocycles. The van der Waals surface area contributed by atoms with Crippen molar-refractivity contribution in [3.05, 3.63) is 101 Å². The standard InChI is InChI=1S/C33H38N2O4/c1-24-15-20-31(39-22-25-10-5-3-6-11-25)34-32(24)29-14-9-21-35(33(36)37-2)30(29)23-38-28-18-16-27(17-19-28)26-12-7-4-8-13-26/h3-8,10-13,15,20,27-28H,9,14,16-19,21-23H2,1-2H3. The zero-order chi connectivity index (χ0) is 27.0. The zero-order valence-electron chi connectivity index (χ0n) is 23.0. The van der Waals surface area contributed by atoms with Gasteiger partial charge in [-0.1, -0.05) is 66.7 Å². The van der Waals surface area contributed by atoms with Crippen LogP contribution >= 0.6 is 0 Å². The second-order valence-electron chi connectivity index (χ2n) is 10.4. The summed E-state index contributed by atoms with van der Waals surface area (Å²) in [6.07, 6.45) is 5.74. The third kappa shape index (κ3) is 6.69. The molecule has 2 aliphatic rings. The Morgan fingerprint density at radius 2 is 1.64 bits per heavy atom. The van der Waals surface area contributed by atoms with E-state index in [1.54, 1.807) is 4.90 Å². The monoisotopic (exact) mass is 526 g/mol. The van der Waals surface area contributed by atoms with Gasteiger partial charge in [0.25, 0.3) is 0 Å². The Labute approximate surface area is 231 Å². The van der Waals surface area contributed by atoms with Crippen molar-refractivity contribution < 1.29 is 19.0 Å². The number of methoxy groups -OCH3 is 1. The van der Waals surface area contributed by atoms with E-state index in [0.29, 0.717) is 31.6 Å². The number of aryl methyl sites for hydroxylation is 1. The van der Waals surface area contributed by atoms with Crippen molar-refractivity contribution >= 4 is 11.7 Å². The molecular weight excluding hydrogens is 488 g/mol. The maximum absolute atomic E-state index is 12.8. The topological polar surface area (TPSA) is 60.9 Å². The van der Waals surface area contributed by atoms with Gasteiger partial charge in [-0.25, -0.2) is 9.78 Å². The van der Waals surface area contributed by atoms with Gasteiger partial charge in [0.05, 0.1) is 31.2 Å². The molecule has 1 amide bonds. The Morgan fingerprint density at radius 1 is 0.923 bits per heavy atom. The first-order chi connectivity index (χ1) is 19.1. The Bertz CT molecular complexity index is 1270. The summed E-state index contributed by atoms with van der Waals surface area (Å²) in [5.41, 5.74) is 6.30. The number of ether oxygens (including phenoxy) is 3. The minimum Gasteiger partial charge on any atom is -0.473 e. The molecule has 1 fully saturated rings. The van der Waals surface area contributed by atoms with Gasteiger partial charge in [0.15, 0.2) is 0 Å². The molecule has 1 saturated carbocycles. The first-order valence-electron chi connectivity index (χ1n) is 14.0. The highest BCUT2D eigenvalue weighted by Crippen LogP contribution is 2.36. The van der Waals surface area contributed by atoms with Gasteiger partial charge in [0.1, 0.15) is 6.61 Å². The van der Waals surface area contributed by atoms with Crippen molar-refractivity contribution in [1.29, 1.82) is 0 Å². The average Bonchev–Trinajstić information content (AvgIpc) is 3.00. The van der Waals surface area contributed by atoms with E-state index in [-0.39, 0.29) is 12.2 Å². The van der Waals surface area contributed by atoms with Crippen LogP contribution < -0.4 is 4.74 Å². The molecule has 1 aliphatic carbocycles. The van der Waals surface area contributed by atoms with E-state index in [1.165, 1.54) is 12.7 Å². The summed E-state index contributed by atoms with van der Waals surface area (Å²) in [5.74, 6) is 1.16. The van der Waals surface area contributed by atoms with E-state index in [4.69, 9.17) is 19.2 Å². The van der Waals surface area contributed by atoms with Crippen LogP contribution in [0, 0.1) is 6.92 Å². The fourth-order valence-electron chi connectivity index (χ4n) is 5.70. The Kier molecular flexibility index (Phi) is 8.94. The molecule has 0 spiro atoms. The van der Waals surface area contributed by atoms with Gasteiger partial charge in [-0.05, 0) is 68.1 Å². The first-order valence-corrected chi connectivity index (χ1v) is 14.0. The van der Waals surface area contributed by atoms with Crippen LogP contribution in [0.5, 0.6) is 5.88 Å². The zero-order valence-corrected chi connectivity index (χ0v) is 23.0. The van der Waals surface area contributed by atoms with Crippen LogP contribution in [0.25, 0.3) is 5.57 Å². The summed E-state index contributed by atoms with van der Waals surface area (Å²) < 4.78 is 17.7. The maximum Gasteiger partial charge on any atom is 0.413 e. The van der Waals surface area contributed by atoms with Gasteiger partial charge in [0.2, 0.25) is 5.88 Å². The molecule has 39 heavy (non-hydrogen) atoms. The van der Waals surface area contributed by atoms with Crippen molar-refractivity contribution in [3.63, 3.8) is 0 Å². The fourth-order valence-corrected chi connectivity index (χ4v) is 5.70. The Morgan fingerprint density at radius 3 is 2.36 bits per heavy atom. The maximum atomic E-state index is 12.8. The van der Waals surface area contributed by atoms with Crippen molar-refractivity contribution in [3.8, 4) is 5.88 Å². The molecule has 1 aromatic heterocycles. The van der Waals surface area contributed by atoms with Crippen LogP contribution in [-0.4, -0.2) is 42.3 Å². The van der Waals surface area contributed by atoms with Gasteiger partial charge < -0.3 is 14.2 Å². The molecule has 1 aliphatic heterocycles. The lowest BCUT2D eigenvalue weighted by Gasteiger charge is -2.34. The second-order valence-corrected chi connectivity index (χ2v) is 10.4. The molecule has 3 aromatic rings. The SMILES string of the molecule is COC(=O)N1CCCC(c2nc(OCc3ccccc3)ccc2C)=C1COC1CCC(c2ccccc2)CC1. The van der Waals surface area contributed by atoms with Gasteiger partial charge in [-0.3, -0.25) is 4.90 Å². The van der Waals surface area contributed by atoms with Crippen LogP contribution in [0.2, 0.25) is 0 Å². The first kappa shape index (κ1) is 26.9. The molecule has 0 atom stereocenters. The van der Waals surface area contributed by atoms with Crippen molar-refractivity contribution in [2.24, 2.45) is 0 Å². The highest BCUT2D eigenvalue weighted by atomic mass is 16.5. The van der Waals surface area contributed by atoms with E-state index in [0.717, 1.165) is 66.6 Å². The summed E-state index contributed by atoms with van der Waals surface area (Å²) in [6.45, 7) is 3.47. The van der Waals surface area contributed by atoms with Crippen LogP contribution in [0.3, 0.4) is 0 Å². The number of pyridine rings is 1. The number of allylic oxidation sites excluding steroid dienone is 1. The van der Waals surface area contributed by atoms with E-state index in [2.05, 4.69) is 37.3 Å². The van der Waals surface area contributed by atoms with E-state index in [9.17, 15) is 4.79 Å². The predicted molar refractivity (Wildman–Crippen MR) is 152 cm³/mol. The number of carbonyl (C=O) groups is 1. The molecule has 6 heteroatoms. The average molecular weight is 527 g/mol. The highest BCUT2D eigenvalue weighted by Gasteiger charge is 2.30. The molecular formula is C33H38N2O4. The summed E-state index contributed by atoms with van der Waals surface area (Å²) in [6, 6.07) is 24.8. The molecule has 0 bridgehead atoms. The van der Waals surface area contributed by atoms with Gasteiger partial charge >= 0.3 is 6.09 Å². The Balaban J connectivity index is 1.33. The van der Waals surface area contributed by atoms with E-state index in [1.807, 2.05) is 42.5 Å². The molecule has 6 nitrogen and oxygen atoms in total. The Hall–Kier alpha value is -3.64. The largest absolute Gasteiger partial charge is 0.473 e. The van der Waals surface area contributed by atoms with Gasteiger partial charge in [0, 0.05) is 18.2 Å². The van der Waals surface area contributed by atoms with Gasteiger partial charge in [-0.15, -0.1) is 0 Å². The summed E-state index contributed by atoms with van der Waals surface area (Å²) in [5, 5.41) is 0. The van der Waals surface area contributed by atoms with Crippen molar-refractivity contribution in [2.75, 3.05) is 20.3 Å². The van der Waals surface area contributed by atoms with Crippen LogP contribution in [0.4, 0.5) is 4.79 Å². The number of hydrogen-bond donors (Lipinski definition) is 0. The lowest BCUT2D eigenvalue weighted by atomic mass is 9.83. The summed E-state index contributed by atoms with van der Waals surface area (Å²) >= 11 is 0. The normalized spacial score (nSPS) is 19.6. The third-order valence-corrected chi connectivity index (χ3v) is 7.87. The van der Waals surface area contributed by atoms with E-state index >= 15 is 0 Å². The molecule has 2 heterocycles. The molecule has 5 rings (SSSR count). The fraction of sp³-hybridized carbons (Fsp3) is 0.394. The minimum atomic E-state index is -0.354. The number of rotatable bonds is 8. The molecule has 204 valence electrons. The number of hydrogen-bond acceptors (Lipinski definition) is 5. The van der Waals surface area contributed by atoms with Crippen LogP contribution in [0.15, 0.2) is 78.5 Å². The third-order valence-electron chi connectivity index (χ3n) is 7.87. The lowest BCUT2D eigenvalue weighted by Crippen LogP contribution is -2.37. The molecule has 0 radical (unpaired) electrons. The quantitative estimate of drug-likeness (QED) is 0.309. The van der Waals surface area contributed by atoms with Crippen molar-refractivity contribution in [2.45, 2.75) is 64.1 Å². The van der Waals surface area contributed by atoms with E-state index < -0.39 is 0 Å². The lowest BCUT2D eigenvalue weighted by molar-refractivity contribution is 0.0276. The highest BCUT2D eigenvalue weighted by molar-refractivity contribution is 5.77. The molecule has 0 saturated heterocycles. The number of amides is 1. The summed E-state index contributed by atoms with van der Waals surface area (Å²) in [4.78, 5) is 19.4. The van der Waals surface area contributed by atoms with Gasteiger partial charge in [-0.2, -0.15) is 0 Å². The number of benzene rings is 2. The van der Waals surface area contributed by atoms with Crippen molar-refractivity contribution in [1.82, 2.24) is 9.88 Å². The number of nitrogens with zero attached hydrogens (tertiary/aromatic N) is 2. The van der Waals surface area contributed by atoms with Crippen LogP contribution in [-0.2, 0) is 16.1 Å². The predicted octanol–water partition coefficient (Wildman–Crippen LogP) is 7.29. The van der Waals surface area contributed by atoms with Crippen LogP contribution in [0.1, 0.15) is 66.8 Å². The smallest absolute Gasteiger partial charge is 0.413 e. The summed E-state index contributed by atoms with van der Waals surface area (Å²) in [7, 11) is 1.43. The minimum absolute atomic E-state index is 0.176. The number of carbonyl (C=O) groups excluding carboxylic acids is 1.